The van der Waals surface area contributed by atoms with Gasteiger partial charge in [0.1, 0.15) is 13.6 Å². The van der Waals surface area contributed by atoms with Crippen LogP contribution in [0.5, 0.6) is 5.75 Å². The first kappa shape index (κ1) is 19.5. The molecule has 0 atom stereocenters. The molecule has 132 valence electrons. The van der Waals surface area contributed by atoms with Crippen molar-refractivity contribution in [2.45, 2.75) is 33.3 Å². The summed E-state index contributed by atoms with van der Waals surface area (Å²) in [6.07, 6.45) is 3.25. The van der Waals surface area contributed by atoms with Crippen molar-refractivity contribution >= 4 is 31.1 Å². The predicted octanol–water partition coefficient (Wildman–Crippen LogP) is 3.21. The van der Waals surface area contributed by atoms with E-state index in [1.54, 1.807) is 44.2 Å². The average Bonchev–Trinajstić information content (AvgIpc) is 2.56. The summed E-state index contributed by atoms with van der Waals surface area (Å²) in [6.45, 7) is 6.87. The zero-order chi connectivity index (χ0) is 19.5. The summed E-state index contributed by atoms with van der Waals surface area (Å²) < 4.78 is 5.75. The standard InChI is InChI=1S/C21H21BO4/c1-13-11-15(5-10-18(23)16-6-8-17(22)9-7-16)12-14(2)19(13)26-21(3,4)20(24)25/h5-12H,1-4H3,(H,24,25)/p+1/b10-5+. The minimum atomic E-state index is -1.21. The molecule has 0 unspecified atom stereocenters. The molecule has 5 heteroatoms. The lowest BCUT2D eigenvalue weighted by Crippen LogP contribution is -2.38. The molecule has 2 aromatic carbocycles. The van der Waals surface area contributed by atoms with Crippen molar-refractivity contribution in [3.63, 3.8) is 0 Å². The Kier molecular flexibility index (Phi) is 5.71. The molecule has 2 aromatic rings. The van der Waals surface area contributed by atoms with E-state index in [4.69, 9.17) is 12.6 Å². The Morgan fingerprint density at radius 1 is 1.15 bits per heavy atom. The third kappa shape index (κ3) is 4.63. The molecule has 2 N–H and O–H groups in total. The summed E-state index contributed by atoms with van der Waals surface area (Å²) in [6, 6.07) is 10.5. The Bertz CT molecular complexity index is 841. The number of ether oxygens (including phenoxy) is 1. The molecule has 0 saturated heterocycles. The highest BCUT2D eigenvalue weighted by Gasteiger charge is 2.36. The lowest BCUT2D eigenvalue weighted by molar-refractivity contribution is 0.104. The molecule has 0 aliphatic carbocycles. The largest absolute Gasteiger partial charge is 0.525 e. The van der Waals surface area contributed by atoms with E-state index in [1.807, 2.05) is 26.0 Å². The molecule has 0 heterocycles. The monoisotopic (exact) mass is 349 g/mol. The van der Waals surface area contributed by atoms with Crippen LogP contribution in [0, 0.1) is 13.8 Å². The summed E-state index contributed by atoms with van der Waals surface area (Å²) in [5, 5.41) is 9.34. The van der Waals surface area contributed by atoms with Gasteiger partial charge in [0.2, 0.25) is 0 Å². The second-order valence-electron chi connectivity index (χ2n) is 6.74. The molecule has 4 nitrogen and oxygen atoms in total. The van der Waals surface area contributed by atoms with Gasteiger partial charge in [-0.25, -0.2) is 0 Å². The fourth-order valence-corrected chi connectivity index (χ4v) is 2.46. The number of hydrogen-bond acceptors (Lipinski definition) is 2. The Morgan fingerprint density at radius 2 is 1.69 bits per heavy atom. The fourth-order valence-electron chi connectivity index (χ4n) is 2.46. The van der Waals surface area contributed by atoms with Crippen molar-refractivity contribution in [3.05, 3.63) is 64.7 Å². The van der Waals surface area contributed by atoms with E-state index < -0.39 is 11.6 Å². The van der Waals surface area contributed by atoms with Gasteiger partial charge in [-0.3, -0.25) is 4.79 Å². The van der Waals surface area contributed by atoms with E-state index in [0.29, 0.717) is 16.8 Å². The summed E-state index contributed by atoms with van der Waals surface area (Å²) in [5.74, 6) is -0.312. The van der Waals surface area contributed by atoms with Crippen LogP contribution in [0.2, 0.25) is 0 Å². The van der Waals surface area contributed by atoms with Gasteiger partial charge in [-0.15, -0.1) is 0 Å². The quantitative estimate of drug-likeness (QED) is 0.377. The zero-order valence-corrected chi connectivity index (χ0v) is 15.4. The lowest BCUT2D eigenvalue weighted by Gasteiger charge is -2.21. The van der Waals surface area contributed by atoms with Crippen LogP contribution < -0.4 is 10.2 Å². The van der Waals surface area contributed by atoms with Crippen molar-refractivity contribution in [2.24, 2.45) is 0 Å². The first-order valence-electron chi connectivity index (χ1n) is 8.24. The van der Waals surface area contributed by atoms with E-state index in [1.165, 1.54) is 6.08 Å². The van der Waals surface area contributed by atoms with Gasteiger partial charge in [-0.1, -0.05) is 35.8 Å². The predicted molar refractivity (Wildman–Crippen MR) is 105 cm³/mol. The van der Waals surface area contributed by atoms with Crippen LogP contribution in [0.3, 0.4) is 0 Å². The van der Waals surface area contributed by atoms with E-state index in [2.05, 4.69) is 0 Å². The topological polar surface area (TPSA) is 67.9 Å². The lowest BCUT2D eigenvalue weighted by atomic mass is 9.94. The van der Waals surface area contributed by atoms with E-state index in [0.717, 1.165) is 16.7 Å². The van der Waals surface area contributed by atoms with Gasteiger partial charge in [0.05, 0.1) is 0 Å². The molecule has 0 aliphatic heterocycles. The number of hydrogen-bond donors (Lipinski definition) is 1. The minimum Gasteiger partial charge on any atom is -0.469 e. The molecule has 0 spiro atoms. The number of aliphatic hydroxyl groups excluding tert-OH is 1. The van der Waals surface area contributed by atoms with Crippen LogP contribution in [-0.2, 0) is 0 Å². The number of carboxylic acids is 1. The summed E-state index contributed by atoms with van der Waals surface area (Å²) in [7, 11) is 5.63. The van der Waals surface area contributed by atoms with Crippen molar-refractivity contribution in [1.29, 1.82) is 0 Å². The van der Waals surface area contributed by atoms with Crippen molar-refractivity contribution in [2.75, 3.05) is 0 Å². The number of carbonyl (C=O) groups is 1. The number of carboxylic acid groups (broad SMARTS) is 1. The molecule has 0 bridgehead atoms. The molecular formula is C21H22BO4+. The molecule has 0 amide bonds. The van der Waals surface area contributed by atoms with Gasteiger partial charge in [-0.2, -0.15) is 0 Å². The number of aliphatic carboxylic acids is 1. The zero-order valence-electron chi connectivity index (χ0n) is 15.4. The first-order chi connectivity index (χ1) is 12.1. The van der Waals surface area contributed by atoms with E-state index >= 15 is 0 Å². The van der Waals surface area contributed by atoms with Crippen LogP contribution in [0.4, 0.5) is 0 Å². The third-order valence-electron chi connectivity index (χ3n) is 4.00. The van der Waals surface area contributed by atoms with Crippen molar-refractivity contribution in [3.8, 4) is 5.75 Å². The molecule has 0 aliphatic rings. The summed E-state index contributed by atoms with van der Waals surface area (Å²) in [5.41, 5.74) is 2.49. The maximum atomic E-state index is 12.2. The van der Waals surface area contributed by atoms with Gasteiger partial charge in [-0.05, 0) is 62.6 Å². The molecule has 0 fully saturated rings. The van der Waals surface area contributed by atoms with Crippen LogP contribution >= 0.6 is 0 Å². The van der Waals surface area contributed by atoms with Crippen molar-refractivity contribution < 1.29 is 19.4 Å². The number of allylic oxidation sites excluding steroid dienone is 1. The normalized spacial score (nSPS) is 11.5. The van der Waals surface area contributed by atoms with E-state index in [-0.39, 0.29) is 5.78 Å². The molecule has 2 rings (SSSR count). The second kappa shape index (κ2) is 7.60. The van der Waals surface area contributed by atoms with Crippen LogP contribution in [-0.4, -0.2) is 35.1 Å². The third-order valence-corrected chi connectivity index (χ3v) is 4.00. The Labute approximate surface area is 154 Å². The van der Waals surface area contributed by atoms with E-state index in [9.17, 15) is 14.7 Å². The number of carbonyl (C=O) groups excluding carboxylic acids is 1. The Balaban J connectivity index is 2.23. The highest BCUT2D eigenvalue weighted by atomic mass is 16.5. The summed E-state index contributed by atoms with van der Waals surface area (Å²) >= 11 is 0. The number of rotatable bonds is 6. The van der Waals surface area contributed by atoms with Gasteiger partial charge >= 0.3 is 5.97 Å². The maximum Gasteiger partial charge on any atom is 0.525 e. The highest BCUT2D eigenvalue weighted by Crippen LogP contribution is 2.29. The second-order valence-corrected chi connectivity index (χ2v) is 6.74. The smallest absolute Gasteiger partial charge is 0.469 e. The average molecular weight is 349 g/mol. The summed E-state index contributed by atoms with van der Waals surface area (Å²) in [4.78, 5) is 21.6. The van der Waals surface area contributed by atoms with Gasteiger partial charge in [0, 0.05) is 5.56 Å². The van der Waals surface area contributed by atoms with Crippen LogP contribution in [0.15, 0.2) is 42.5 Å². The molecule has 0 saturated carbocycles. The fraction of sp³-hybridized carbons (Fsp3) is 0.238. The first-order valence-corrected chi connectivity index (χ1v) is 8.24. The number of aryl methyl sites for hydroxylation is 2. The molecule has 26 heavy (non-hydrogen) atoms. The molecule has 2 radical (unpaired) electrons. The van der Waals surface area contributed by atoms with Gasteiger partial charge in [0.15, 0.2) is 5.78 Å². The minimum absolute atomic E-state index is 0.110. The Morgan fingerprint density at radius 3 is 2.19 bits per heavy atom. The Hall–Kier alpha value is -2.82. The van der Waals surface area contributed by atoms with Crippen LogP contribution in [0.25, 0.3) is 6.08 Å². The maximum absolute atomic E-state index is 12.2. The van der Waals surface area contributed by atoms with Gasteiger partial charge in [0.25, 0.3) is 5.60 Å². The highest BCUT2D eigenvalue weighted by molar-refractivity contribution is 6.32. The molecule has 0 aromatic heterocycles. The van der Waals surface area contributed by atoms with Gasteiger partial charge < -0.3 is 14.6 Å². The van der Waals surface area contributed by atoms with Crippen LogP contribution in [0.1, 0.15) is 40.9 Å². The molecular weight excluding hydrogens is 327 g/mol. The number of benzene rings is 2. The SMILES string of the molecule is [B]c1ccc(C(=O)/C=C/c2cc(C)c(OC(C)(C)C(O)=[OH+])c(C)c2)cc1. The number of ketones is 1. The van der Waals surface area contributed by atoms with Crippen molar-refractivity contribution in [1.82, 2.24) is 0 Å².